The molecule has 0 bridgehead atoms. The standard InChI is InChI=1S/C20H20Cl2N2O/c1-12-3-4-18-16(7-12)17-11-23(2)6-5-19(17)24(18)20(25)13-8-14(21)10-15(22)9-13/h3-4,7-10,17,19H,5-6,11H2,1-2H3. The fraction of sp³-hybridized carbons (Fsp3) is 0.350. The molecule has 0 aromatic heterocycles. The van der Waals surface area contributed by atoms with E-state index in [2.05, 4.69) is 37.1 Å². The highest BCUT2D eigenvalue weighted by Crippen LogP contribution is 2.45. The van der Waals surface area contributed by atoms with Gasteiger partial charge in [-0.25, -0.2) is 0 Å². The first-order valence-electron chi connectivity index (χ1n) is 8.53. The van der Waals surface area contributed by atoms with Gasteiger partial charge in [0.1, 0.15) is 0 Å². The number of aryl methyl sites for hydroxylation is 1. The molecule has 1 fully saturated rings. The zero-order valence-corrected chi connectivity index (χ0v) is 15.8. The van der Waals surface area contributed by atoms with Crippen LogP contribution in [0.4, 0.5) is 5.69 Å². The molecule has 5 heteroatoms. The Morgan fingerprint density at radius 3 is 2.56 bits per heavy atom. The minimum absolute atomic E-state index is 0.0217. The number of carbonyl (C=O) groups is 1. The van der Waals surface area contributed by atoms with Crippen LogP contribution in [0.2, 0.25) is 10.0 Å². The Labute approximate surface area is 158 Å². The molecule has 0 aliphatic carbocycles. The van der Waals surface area contributed by atoms with Crippen LogP contribution < -0.4 is 4.90 Å². The number of piperidine rings is 1. The first-order chi connectivity index (χ1) is 11.9. The molecule has 2 unspecified atom stereocenters. The maximum atomic E-state index is 13.3. The Bertz CT molecular complexity index is 831. The van der Waals surface area contributed by atoms with Crippen molar-refractivity contribution in [1.29, 1.82) is 0 Å². The highest BCUT2D eigenvalue weighted by Gasteiger charge is 2.44. The first kappa shape index (κ1) is 16.9. The molecular weight excluding hydrogens is 355 g/mol. The van der Waals surface area contributed by atoms with Crippen LogP contribution in [0.5, 0.6) is 0 Å². The minimum Gasteiger partial charge on any atom is -0.306 e. The Hall–Kier alpha value is -1.55. The van der Waals surface area contributed by atoms with Crippen molar-refractivity contribution in [1.82, 2.24) is 4.90 Å². The van der Waals surface area contributed by atoms with E-state index in [1.165, 1.54) is 11.1 Å². The number of rotatable bonds is 1. The Morgan fingerprint density at radius 1 is 1.12 bits per heavy atom. The fourth-order valence-corrected chi connectivity index (χ4v) is 4.69. The van der Waals surface area contributed by atoms with Crippen molar-refractivity contribution >= 4 is 34.8 Å². The molecular formula is C20H20Cl2N2O. The van der Waals surface area contributed by atoms with E-state index >= 15 is 0 Å². The van der Waals surface area contributed by atoms with Gasteiger partial charge in [0.05, 0.1) is 0 Å². The number of likely N-dealkylation sites (tertiary alicyclic amines) is 1. The van der Waals surface area contributed by atoms with Gasteiger partial charge < -0.3 is 9.80 Å². The van der Waals surface area contributed by atoms with Gasteiger partial charge in [-0.2, -0.15) is 0 Å². The second kappa shape index (κ2) is 6.31. The summed E-state index contributed by atoms with van der Waals surface area (Å²) >= 11 is 12.2. The number of carbonyl (C=O) groups excluding carboxylic acids is 1. The maximum absolute atomic E-state index is 13.3. The van der Waals surface area contributed by atoms with Gasteiger partial charge >= 0.3 is 0 Å². The number of likely N-dealkylation sites (N-methyl/N-ethyl adjacent to an activating group) is 1. The van der Waals surface area contributed by atoms with Crippen LogP contribution in [0.1, 0.15) is 33.8 Å². The highest BCUT2D eigenvalue weighted by molar-refractivity contribution is 6.35. The van der Waals surface area contributed by atoms with Gasteiger partial charge in [-0.3, -0.25) is 4.79 Å². The summed E-state index contributed by atoms with van der Waals surface area (Å²) in [4.78, 5) is 17.6. The Balaban J connectivity index is 1.79. The predicted molar refractivity (Wildman–Crippen MR) is 103 cm³/mol. The van der Waals surface area contributed by atoms with E-state index in [0.29, 0.717) is 21.5 Å². The summed E-state index contributed by atoms with van der Waals surface area (Å²) in [5, 5.41) is 0.971. The molecule has 2 aromatic carbocycles. The van der Waals surface area contributed by atoms with E-state index in [9.17, 15) is 4.79 Å². The lowest BCUT2D eigenvalue weighted by atomic mass is 9.88. The summed E-state index contributed by atoms with van der Waals surface area (Å²) in [5.74, 6) is 0.332. The number of nitrogens with zero attached hydrogens (tertiary/aromatic N) is 2. The highest BCUT2D eigenvalue weighted by atomic mass is 35.5. The van der Waals surface area contributed by atoms with Gasteiger partial charge in [-0.1, -0.05) is 40.9 Å². The van der Waals surface area contributed by atoms with Crippen LogP contribution in [0.25, 0.3) is 0 Å². The molecule has 1 amide bonds. The maximum Gasteiger partial charge on any atom is 0.258 e. The molecule has 4 rings (SSSR count). The summed E-state index contributed by atoms with van der Waals surface area (Å²) in [5.41, 5.74) is 4.07. The van der Waals surface area contributed by atoms with Crippen molar-refractivity contribution in [2.45, 2.75) is 25.3 Å². The van der Waals surface area contributed by atoms with Crippen molar-refractivity contribution < 1.29 is 4.79 Å². The lowest BCUT2D eigenvalue weighted by Crippen LogP contribution is -2.47. The zero-order chi connectivity index (χ0) is 17.7. The van der Waals surface area contributed by atoms with Crippen molar-refractivity contribution in [3.8, 4) is 0 Å². The van der Waals surface area contributed by atoms with E-state index in [1.54, 1.807) is 18.2 Å². The van der Waals surface area contributed by atoms with Gasteiger partial charge in [0.15, 0.2) is 0 Å². The van der Waals surface area contributed by atoms with Gasteiger partial charge in [0.25, 0.3) is 5.91 Å². The van der Waals surface area contributed by atoms with Crippen LogP contribution in [-0.4, -0.2) is 37.0 Å². The van der Waals surface area contributed by atoms with Crippen molar-refractivity contribution in [3.63, 3.8) is 0 Å². The average molecular weight is 375 g/mol. The van der Waals surface area contributed by atoms with E-state index in [1.807, 2.05) is 4.90 Å². The third-order valence-electron chi connectivity index (χ3n) is 5.28. The predicted octanol–water partition coefficient (Wildman–Crippen LogP) is 4.75. The van der Waals surface area contributed by atoms with Gasteiger partial charge in [-0.15, -0.1) is 0 Å². The second-order valence-electron chi connectivity index (χ2n) is 7.12. The Kier molecular flexibility index (Phi) is 4.27. The van der Waals surface area contributed by atoms with Crippen LogP contribution in [0, 0.1) is 6.92 Å². The minimum atomic E-state index is -0.0217. The smallest absolute Gasteiger partial charge is 0.258 e. The fourth-order valence-electron chi connectivity index (χ4n) is 4.16. The second-order valence-corrected chi connectivity index (χ2v) is 7.99. The average Bonchev–Trinajstić information content (AvgIpc) is 2.86. The molecule has 2 aliphatic heterocycles. The van der Waals surface area contributed by atoms with Crippen LogP contribution in [0.15, 0.2) is 36.4 Å². The van der Waals surface area contributed by atoms with E-state index in [0.717, 1.165) is 25.2 Å². The summed E-state index contributed by atoms with van der Waals surface area (Å²) in [6.45, 7) is 4.07. The Morgan fingerprint density at radius 2 is 1.84 bits per heavy atom. The molecule has 2 aromatic rings. The lowest BCUT2D eigenvalue weighted by molar-refractivity contribution is 0.0964. The number of anilines is 1. The topological polar surface area (TPSA) is 23.6 Å². The number of amides is 1. The van der Waals surface area contributed by atoms with E-state index in [4.69, 9.17) is 23.2 Å². The molecule has 130 valence electrons. The van der Waals surface area contributed by atoms with Crippen LogP contribution in [-0.2, 0) is 0 Å². The number of halogens is 2. The molecule has 0 saturated carbocycles. The SMILES string of the molecule is Cc1ccc2c(c1)C1CN(C)CCC1N2C(=O)c1cc(Cl)cc(Cl)c1. The monoisotopic (exact) mass is 374 g/mol. The van der Waals surface area contributed by atoms with Crippen molar-refractivity contribution in [3.05, 3.63) is 63.1 Å². The number of hydrogen-bond acceptors (Lipinski definition) is 2. The molecule has 2 heterocycles. The van der Waals surface area contributed by atoms with Gasteiger partial charge in [0, 0.05) is 39.8 Å². The molecule has 0 spiro atoms. The third-order valence-corrected chi connectivity index (χ3v) is 5.72. The number of hydrogen-bond donors (Lipinski definition) is 0. The van der Waals surface area contributed by atoms with E-state index < -0.39 is 0 Å². The number of fused-ring (bicyclic) bond motifs is 3. The van der Waals surface area contributed by atoms with Crippen molar-refractivity contribution in [2.24, 2.45) is 0 Å². The zero-order valence-electron chi connectivity index (χ0n) is 14.3. The van der Waals surface area contributed by atoms with Crippen LogP contribution >= 0.6 is 23.2 Å². The van der Waals surface area contributed by atoms with E-state index in [-0.39, 0.29) is 11.9 Å². The molecule has 2 aliphatic rings. The lowest BCUT2D eigenvalue weighted by Gasteiger charge is -2.36. The quantitative estimate of drug-likeness (QED) is 0.718. The molecule has 0 radical (unpaired) electrons. The molecule has 2 atom stereocenters. The van der Waals surface area contributed by atoms with Crippen molar-refractivity contribution in [2.75, 3.05) is 25.0 Å². The first-order valence-corrected chi connectivity index (χ1v) is 9.28. The number of benzene rings is 2. The summed E-state index contributed by atoms with van der Waals surface area (Å²) < 4.78 is 0. The third kappa shape index (κ3) is 2.95. The molecule has 25 heavy (non-hydrogen) atoms. The summed E-state index contributed by atoms with van der Waals surface area (Å²) in [6, 6.07) is 11.6. The van der Waals surface area contributed by atoms with Gasteiger partial charge in [0.2, 0.25) is 0 Å². The van der Waals surface area contributed by atoms with Crippen LogP contribution in [0.3, 0.4) is 0 Å². The molecule has 1 saturated heterocycles. The summed E-state index contributed by atoms with van der Waals surface area (Å²) in [7, 11) is 2.15. The normalized spacial score (nSPS) is 22.6. The summed E-state index contributed by atoms with van der Waals surface area (Å²) in [6.07, 6.45) is 0.967. The molecule has 3 nitrogen and oxygen atoms in total. The molecule has 0 N–H and O–H groups in total. The van der Waals surface area contributed by atoms with Gasteiger partial charge in [-0.05, 0) is 56.8 Å². The largest absolute Gasteiger partial charge is 0.306 e.